The summed E-state index contributed by atoms with van der Waals surface area (Å²) in [6.45, 7) is 6.15. The molecule has 53 valence electrons. The molecule has 9 heavy (non-hydrogen) atoms. The lowest BCUT2D eigenvalue weighted by atomic mass is 10.6. The van der Waals surface area contributed by atoms with Crippen LogP contribution in [0.1, 0.15) is 13.8 Å². The highest BCUT2D eigenvalue weighted by Gasteiger charge is 2.18. The van der Waals surface area contributed by atoms with Gasteiger partial charge in [0.25, 0.3) is 0 Å². The van der Waals surface area contributed by atoms with Gasteiger partial charge in [0.1, 0.15) is 0 Å². The Hall–Kier alpha value is 0.200. The number of thiocarbonyl (C=S) groups is 1. The third-order valence-corrected chi connectivity index (χ3v) is 2.26. The van der Waals surface area contributed by atoms with Crippen LogP contribution in [0, 0.1) is 0 Å². The standard InChI is InChI=1S/C5H12N2S2/c1-3-7(4-2)5(8)9-6/h3-4,6H2,1-2H3/q+1/p+1. The zero-order valence-electron chi connectivity index (χ0n) is 5.89. The van der Waals surface area contributed by atoms with E-state index >= 15 is 0 Å². The van der Waals surface area contributed by atoms with Crippen LogP contribution in [-0.2, 0) is 12.2 Å². The minimum absolute atomic E-state index is 0.889. The van der Waals surface area contributed by atoms with Gasteiger partial charge in [-0.1, -0.05) is 0 Å². The minimum Gasteiger partial charge on any atom is -0.310 e. The molecule has 0 saturated heterocycles. The fourth-order valence-corrected chi connectivity index (χ4v) is 1.27. The van der Waals surface area contributed by atoms with E-state index in [0.717, 1.165) is 17.4 Å². The van der Waals surface area contributed by atoms with E-state index in [9.17, 15) is 0 Å². The fraction of sp³-hybridized carbons (Fsp3) is 0.800. The highest BCUT2D eigenvalue weighted by Crippen LogP contribution is 1.95. The van der Waals surface area contributed by atoms with Crippen molar-refractivity contribution in [1.29, 1.82) is 0 Å². The first-order valence-electron chi connectivity index (χ1n) is 2.97. The highest BCUT2D eigenvalue weighted by molar-refractivity contribution is 8.14. The van der Waals surface area contributed by atoms with Crippen LogP contribution in [0.25, 0.3) is 0 Å². The van der Waals surface area contributed by atoms with Crippen LogP contribution in [0.15, 0.2) is 0 Å². The summed E-state index contributed by atoms with van der Waals surface area (Å²) >= 11 is 6.39. The SMILES string of the molecule is CCN(CC)C(=[S+])S[NH3+]. The Morgan fingerprint density at radius 3 is 2.11 bits per heavy atom. The summed E-state index contributed by atoms with van der Waals surface area (Å²) in [4.78, 5) is 2.10. The summed E-state index contributed by atoms with van der Waals surface area (Å²) in [5, 5.41) is 3.64. The molecule has 4 heteroatoms. The zero-order chi connectivity index (χ0) is 7.28. The molecule has 0 bridgehead atoms. The highest BCUT2D eigenvalue weighted by atomic mass is 32.2. The van der Waals surface area contributed by atoms with E-state index in [1.54, 1.807) is 0 Å². The third kappa shape index (κ3) is 3.03. The van der Waals surface area contributed by atoms with Crippen LogP contribution in [0.2, 0.25) is 0 Å². The number of rotatable bonds is 2. The molecule has 0 unspecified atom stereocenters. The number of hydrogen-bond donors (Lipinski definition) is 1. The van der Waals surface area contributed by atoms with E-state index in [2.05, 4.69) is 23.9 Å². The molecule has 0 amide bonds. The normalized spacial score (nSPS) is 9.22. The zero-order valence-corrected chi connectivity index (χ0v) is 7.52. The van der Waals surface area contributed by atoms with Gasteiger partial charge in [-0.2, -0.15) is 0 Å². The average molecular weight is 165 g/mol. The molecule has 0 rings (SSSR count). The molecule has 1 radical (unpaired) electrons. The largest absolute Gasteiger partial charge is 0.570 e. The lowest BCUT2D eigenvalue weighted by Crippen LogP contribution is -2.43. The van der Waals surface area contributed by atoms with Gasteiger partial charge in [-0.3, -0.25) is 5.14 Å². The molecule has 0 fully saturated rings. The van der Waals surface area contributed by atoms with E-state index in [4.69, 9.17) is 12.2 Å². The van der Waals surface area contributed by atoms with E-state index in [-0.39, 0.29) is 0 Å². The monoisotopic (exact) mass is 165 g/mol. The smallest absolute Gasteiger partial charge is 0.310 e. The Balaban J connectivity index is 3.64. The average Bonchev–Trinajstić information content (AvgIpc) is 1.90. The van der Waals surface area contributed by atoms with Crippen molar-refractivity contribution >= 4 is 28.5 Å². The topological polar surface area (TPSA) is 30.9 Å². The van der Waals surface area contributed by atoms with Crippen molar-refractivity contribution in [3.05, 3.63) is 0 Å². The van der Waals surface area contributed by atoms with E-state index < -0.39 is 0 Å². The molecule has 0 aromatic carbocycles. The van der Waals surface area contributed by atoms with Crippen molar-refractivity contribution in [2.45, 2.75) is 13.8 Å². The number of hydrogen-bond acceptors (Lipinski definition) is 2. The molecule has 0 aliphatic heterocycles. The Morgan fingerprint density at radius 2 is 2.00 bits per heavy atom. The van der Waals surface area contributed by atoms with Gasteiger partial charge in [0, 0.05) is 13.1 Å². The Labute approximate surface area is 65.9 Å². The molecule has 0 heterocycles. The van der Waals surface area contributed by atoms with Gasteiger partial charge < -0.3 is 4.90 Å². The van der Waals surface area contributed by atoms with Crippen LogP contribution in [-0.4, -0.2) is 22.3 Å². The van der Waals surface area contributed by atoms with Gasteiger partial charge >= 0.3 is 16.5 Å². The van der Waals surface area contributed by atoms with Crippen LogP contribution in [0.4, 0.5) is 0 Å². The maximum absolute atomic E-state index is 5.00. The van der Waals surface area contributed by atoms with E-state index in [1.165, 1.54) is 11.9 Å². The van der Waals surface area contributed by atoms with Gasteiger partial charge in [-0.15, -0.1) is 0 Å². The van der Waals surface area contributed by atoms with Crippen molar-refractivity contribution in [2.24, 2.45) is 0 Å². The van der Waals surface area contributed by atoms with Crippen molar-refractivity contribution in [1.82, 2.24) is 4.90 Å². The van der Waals surface area contributed by atoms with Crippen molar-refractivity contribution in [3.63, 3.8) is 0 Å². The third-order valence-electron chi connectivity index (χ3n) is 1.15. The Bertz CT molecular complexity index is 91.0. The molecule has 0 spiro atoms. The van der Waals surface area contributed by atoms with Crippen molar-refractivity contribution in [2.75, 3.05) is 13.1 Å². The first-order valence-corrected chi connectivity index (χ1v) is 4.36. The number of quaternary nitrogens is 1. The lowest BCUT2D eigenvalue weighted by molar-refractivity contribution is -0.134. The summed E-state index contributed by atoms with van der Waals surface area (Å²) in [5.74, 6) is 0. The molecule has 3 N–H and O–H groups in total. The molecule has 0 atom stereocenters. The van der Waals surface area contributed by atoms with Gasteiger partial charge in [-0.05, 0) is 13.8 Å². The predicted octanol–water partition coefficient (Wildman–Crippen LogP) is -0.147. The fourth-order valence-electron chi connectivity index (χ4n) is 0.573. The van der Waals surface area contributed by atoms with Gasteiger partial charge in [0.2, 0.25) is 0 Å². The van der Waals surface area contributed by atoms with Crippen LogP contribution in [0.3, 0.4) is 0 Å². The predicted molar refractivity (Wildman–Crippen MR) is 45.8 cm³/mol. The van der Waals surface area contributed by atoms with E-state index in [1.807, 2.05) is 0 Å². The molecule has 0 aliphatic rings. The summed E-state index contributed by atoms with van der Waals surface area (Å²) < 4.78 is 0.889. The molecule has 0 saturated carbocycles. The summed E-state index contributed by atoms with van der Waals surface area (Å²) in [5.41, 5.74) is 0. The minimum atomic E-state index is 0.889. The van der Waals surface area contributed by atoms with Crippen LogP contribution < -0.4 is 5.14 Å². The lowest BCUT2D eigenvalue weighted by Gasteiger charge is -2.09. The maximum Gasteiger partial charge on any atom is 0.570 e. The first-order chi connectivity index (χ1) is 4.26. The van der Waals surface area contributed by atoms with E-state index in [0.29, 0.717) is 0 Å². The van der Waals surface area contributed by atoms with Crippen molar-refractivity contribution in [3.8, 4) is 0 Å². The van der Waals surface area contributed by atoms with Crippen LogP contribution >= 0.6 is 11.9 Å². The van der Waals surface area contributed by atoms with Gasteiger partial charge in [0.05, 0.1) is 0 Å². The van der Waals surface area contributed by atoms with Gasteiger partial charge in [0.15, 0.2) is 11.9 Å². The second kappa shape index (κ2) is 5.02. The number of nitrogens with zero attached hydrogens (tertiary/aromatic N) is 1. The Kier molecular flexibility index (Phi) is 5.13. The summed E-state index contributed by atoms with van der Waals surface area (Å²) in [6.07, 6.45) is 0. The second-order valence-electron chi connectivity index (χ2n) is 1.58. The molecular weight excluding hydrogens is 152 g/mol. The van der Waals surface area contributed by atoms with Gasteiger partial charge in [-0.25, -0.2) is 0 Å². The summed E-state index contributed by atoms with van der Waals surface area (Å²) in [7, 11) is 0. The Morgan fingerprint density at radius 1 is 1.56 bits per heavy atom. The quantitative estimate of drug-likeness (QED) is 0.351. The second-order valence-corrected chi connectivity index (χ2v) is 2.90. The van der Waals surface area contributed by atoms with Crippen molar-refractivity contribution < 1.29 is 5.14 Å². The first kappa shape index (κ1) is 9.20. The molecule has 0 aromatic rings. The molecule has 0 aliphatic carbocycles. The maximum atomic E-state index is 5.00. The summed E-state index contributed by atoms with van der Waals surface area (Å²) in [6, 6.07) is 0. The molecule has 2 nitrogen and oxygen atoms in total. The molecule has 0 aromatic heterocycles. The van der Waals surface area contributed by atoms with Crippen LogP contribution in [0.5, 0.6) is 0 Å². The molecular formula is C5H13N2S2+2.